The number of hydrogen-bond acceptors (Lipinski definition) is 4. The number of methoxy groups -OCH3 is 2. The second kappa shape index (κ2) is 7.91. The molecule has 0 spiro atoms. The molecule has 4 heteroatoms. The highest BCUT2D eigenvalue weighted by molar-refractivity contribution is 5.72. The van der Waals surface area contributed by atoms with Crippen molar-refractivity contribution in [3.63, 3.8) is 0 Å². The minimum Gasteiger partial charge on any atom is -0.493 e. The van der Waals surface area contributed by atoms with Crippen LogP contribution in [-0.4, -0.2) is 26.8 Å². The summed E-state index contributed by atoms with van der Waals surface area (Å²) in [5.74, 6) is 1.81. The Balaban J connectivity index is 1.96. The quantitative estimate of drug-likeness (QED) is 0.754. The monoisotopic (exact) mass is 292 g/mol. The number of carbonyl (C=O) groups is 1. The van der Waals surface area contributed by atoms with Crippen molar-refractivity contribution in [1.82, 2.24) is 0 Å². The molecule has 0 amide bonds. The second-order valence-corrected chi connectivity index (χ2v) is 5.55. The fourth-order valence-electron chi connectivity index (χ4n) is 2.74. The summed E-state index contributed by atoms with van der Waals surface area (Å²) in [6, 6.07) is 5.60. The van der Waals surface area contributed by atoms with Crippen molar-refractivity contribution in [1.29, 1.82) is 0 Å². The standard InChI is InChI=1S/C17H24O4/c1-19-16-10-14(11-17(18)20-2)8-9-15(16)21-12-13-6-4-3-5-7-13/h8-10,13H,3-7,11-12H2,1-2H3. The molecule has 0 heterocycles. The number of carbonyl (C=O) groups excluding carboxylic acids is 1. The van der Waals surface area contributed by atoms with Crippen molar-refractivity contribution < 1.29 is 19.0 Å². The molecule has 1 saturated carbocycles. The predicted molar refractivity (Wildman–Crippen MR) is 80.8 cm³/mol. The lowest BCUT2D eigenvalue weighted by Crippen LogP contribution is -2.15. The van der Waals surface area contributed by atoms with E-state index in [9.17, 15) is 4.79 Å². The Morgan fingerprint density at radius 3 is 2.57 bits per heavy atom. The molecule has 1 aliphatic rings. The first-order valence-electron chi connectivity index (χ1n) is 7.59. The summed E-state index contributed by atoms with van der Waals surface area (Å²) in [4.78, 5) is 11.3. The summed E-state index contributed by atoms with van der Waals surface area (Å²) in [5, 5.41) is 0. The molecule has 1 aromatic rings. The van der Waals surface area contributed by atoms with E-state index in [0.29, 0.717) is 11.7 Å². The first-order chi connectivity index (χ1) is 10.2. The lowest BCUT2D eigenvalue weighted by atomic mass is 9.90. The SMILES string of the molecule is COC(=O)Cc1ccc(OCC2CCCCC2)c(OC)c1. The Morgan fingerprint density at radius 1 is 1.14 bits per heavy atom. The van der Waals surface area contributed by atoms with Crippen LogP contribution in [0.3, 0.4) is 0 Å². The van der Waals surface area contributed by atoms with Gasteiger partial charge in [-0.3, -0.25) is 4.79 Å². The molecule has 0 saturated heterocycles. The third kappa shape index (κ3) is 4.66. The molecular weight excluding hydrogens is 268 g/mol. The zero-order chi connectivity index (χ0) is 15.1. The van der Waals surface area contributed by atoms with Crippen LogP contribution in [0.15, 0.2) is 18.2 Å². The summed E-state index contributed by atoms with van der Waals surface area (Å²) < 4.78 is 16.0. The third-order valence-corrected chi connectivity index (χ3v) is 4.00. The van der Waals surface area contributed by atoms with Crippen LogP contribution in [0.5, 0.6) is 11.5 Å². The van der Waals surface area contributed by atoms with E-state index < -0.39 is 0 Å². The van der Waals surface area contributed by atoms with E-state index in [0.717, 1.165) is 17.9 Å². The summed E-state index contributed by atoms with van der Waals surface area (Å²) in [6.45, 7) is 0.743. The van der Waals surface area contributed by atoms with Gasteiger partial charge in [-0.15, -0.1) is 0 Å². The molecule has 21 heavy (non-hydrogen) atoms. The molecule has 0 radical (unpaired) electrons. The largest absolute Gasteiger partial charge is 0.493 e. The fraction of sp³-hybridized carbons (Fsp3) is 0.588. The Bertz CT molecular complexity index is 464. The van der Waals surface area contributed by atoms with Gasteiger partial charge in [-0.25, -0.2) is 0 Å². The number of benzene rings is 1. The first-order valence-corrected chi connectivity index (χ1v) is 7.59. The molecule has 0 N–H and O–H groups in total. The van der Waals surface area contributed by atoms with Gasteiger partial charge in [-0.05, 0) is 36.5 Å². The number of hydrogen-bond donors (Lipinski definition) is 0. The highest BCUT2D eigenvalue weighted by atomic mass is 16.5. The second-order valence-electron chi connectivity index (χ2n) is 5.55. The van der Waals surface area contributed by atoms with Gasteiger partial charge < -0.3 is 14.2 Å². The highest BCUT2D eigenvalue weighted by Gasteiger charge is 2.15. The smallest absolute Gasteiger partial charge is 0.309 e. The number of esters is 1. The lowest BCUT2D eigenvalue weighted by molar-refractivity contribution is -0.139. The van der Waals surface area contributed by atoms with Crippen LogP contribution in [0.25, 0.3) is 0 Å². The minimum atomic E-state index is -0.257. The van der Waals surface area contributed by atoms with Gasteiger partial charge in [0.1, 0.15) is 0 Å². The molecule has 1 aliphatic carbocycles. The summed E-state index contributed by atoms with van der Waals surface area (Å²) in [5.41, 5.74) is 0.865. The van der Waals surface area contributed by atoms with E-state index >= 15 is 0 Å². The van der Waals surface area contributed by atoms with Crippen LogP contribution in [0.1, 0.15) is 37.7 Å². The minimum absolute atomic E-state index is 0.246. The number of rotatable bonds is 6. The summed E-state index contributed by atoms with van der Waals surface area (Å²) in [7, 11) is 3.01. The van der Waals surface area contributed by atoms with Gasteiger partial charge in [-0.2, -0.15) is 0 Å². The zero-order valence-electron chi connectivity index (χ0n) is 12.9. The van der Waals surface area contributed by atoms with Gasteiger partial charge in [0.05, 0.1) is 27.2 Å². The van der Waals surface area contributed by atoms with Gasteiger partial charge in [0, 0.05) is 0 Å². The Hall–Kier alpha value is -1.71. The fourth-order valence-corrected chi connectivity index (χ4v) is 2.74. The lowest BCUT2D eigenvalue weighted by Gasteiger charge is -2.22. The van der Waals surface area contributed by atoms with Crippen LogP contribution >= 0.6 is 0 Å². The Kier molecular flexibility index (Phi) is 5.90. The average Bonchev–Trinajstić information content (AvgIpc) is 2.54. The molecule has 0 aromatic heterocycles. The van der Waals surface area contributed by atoms with E-state index in [-0.39, 0.29) is 12.4 Å². The van der Waals surface area contributed by atoms with Crippen LogP contribution < -0.4 is 9.47 Å². The normalized spacial score (nSPS) is 15.5. The van der Waals surface area contributed by atoms with E-state index in [2.05, 4.69) is 4.74 Å². The Morgan fingerprint density at radius 2 is 1.90 bits per heavy atom. The van der Waals surface area contributed by atoms with E-state index in [1.54, 1.807) is 7.11 Å². The molecule has 1 aromatic carbocycles. The third-order valence-electron chi connectivity index (χ3n) is 4.00. The molecule has 0 atom stereocenters. The maximum atomic E-state index is 11.3. The molecule has 116 valence electrons. The summed E-state index contributed by atoms with van der Waals surface area (Å²) >= 11 is 0. The molecule has 0 bridgehead atoms. The van der Waals surface area contributed by atoms with Gasteiger partial charge >= 0.3 is 5.97 Å². The molecule has 0 unspecified atom stereocenters. The Labute approximate surface area is 126 Å². The van der Waals surface area contributed by atoms with Crippen molar-refractivity contribution >= 4 is 5.97 Å². The van der Waals surface area contributed by atoms with Crippen molar-refractivity contribution in [3.05, 3.63) is 23.8 Å². The van der Waals surface area contributed by atoms with Crippen LogP contribution in [0, 0.1) is 5.92 Å². The zero-order valence-corrected chi connectivity index (χ0v) is 12.9. The van der Waals surface area contributed by atoms with Crippen LogP contribution in [-0.2, 0) is 16.0 Å². The van der Waals surface area contributed by atoms with E-state index in [4.69, 9.17) is 9.47 Å². The molecule has 0 aliphatic heterocycles. The molecule has 2 rings (SSSR count). The number of ether oxygens (including phenoxy) is 3. The van der Waals surface area contributed by atoms with Crippen molar-refractivity contribution in [2.75, 3.05) is 20.8 Å². The van der Waals surface area contributed by atoms with Crippen molar-refractivity contribution in [2.24, 2.45) is 5.92 Å². The van der Waals surface area contributed by atoms with Crippen LogP contribution in [0.2, 0.25) is 0 Å². The maximum Gasteiger partial charge on any atom is 0.309 e. The van der Waals surface area contributed by atoms with Gasteiger partial charge in [0.2, 0.25) is 0 Å². The van der Waals surface area contributed by atoms with Crippen molar-refractivity contribution in [2.45, 2.75) is 38.5 Å². The molecule has 4 nitrogen and oxygen atoms in total. The van der Waals surface area contributed by atoms with E-state index in [1.165, 1.54) is 39.2 Å². The molecule has 1 fully saturated rings. The maximum absolute atomic E-state index is 11.3. The van der Waals surface area contributed by atoms with Gasteiger partial charge in [0.15, 0.2) is 11.5 Å². The van der Waals surface area contributed by atoms with Crippen LogP contribution in [0.4, 0.5) is 0 Å². The van der Waals surface area contributed by atoms with Gasteiger partial charge in [-0.1, -0.05) is 25.3 Å². The van der Waals surface area contributed by atoms with Crippen molar-refractivity contribution in [3.8, 4) is 11.5 Å². The predicted octanol–water partition coefficient (Wildman–Crippen LogP) is 3.37. The first kappa shape index (κ1) is 15.7. The average molecular weight is 292 g/mol. The van der Waals surface area contributed by atoms with E-state index in [1.807, 2.05) is 18.2 Å². The topological polar surface area (TPSA) is 44.8 Å². The summed E-state index contributed by atoms with van der Waals surface area (Å²) in [6.07, 6.45) is 6.72. The highest BCUT2D eigenvalue weighted by Crippen LogP contribution is 2.30. The van der Waals surface area contributed by atoms with Gasteiger partial charge in [0.25, 0.3) is 0 Å². The molecular formula is C17H24O4.